The monoisotopic (exact) mass is 377 g/mol. The number of nitrogens with zero attached hydrogens (tertiary/aromatic N) is 1. The summed E-state index contributed by atoms with van der Waals surface area (Å²) in [4.78, 5) is 14.7. The van der Waals surface area contributed by atoms with E-state index in [0.29, 0.717) is 16.4 Å². The Kier molecular flexibility index (Phi) is 4.61. The van der Waals surface area contributed by atoms with E-state index in [4.69, 9.17) is 10.2 Å². The molecule has 0 radical (unpaired) electrons. The molecular weight excluding hydrogens is 358 g/mol. The Bertz CT molecular complexity index is 714. The Morgan fingerprint density at radius 3 is 2.87 bits per heavy atom. The van der Waals surface area contributed by atoms with Crippen LogP contribution in [-0.4, -0.2) is 18.5 Å². The van der Waals surface area contributed by atoms with E-state index in [1.165, 1.54) is 6.42 Å². The Balaban J connectivity index is 1.88. The number of nitrogen functional groups attached to an aromatic ring is 1. The molecule has 1 aliphatic rings. The minimum Gasteiger partial charge on any atom is -0.444 e. The second-order valence-corrected chi connectivity index (χ2v) is 6.65. The number of anilines is 3. The van der Waals surface area contributed by atoms with Gasteiger partial charge in [0.05, 0.1) is 11.4 Å². The summed E-state index contributed by atoms with van der Waals surface area (Å²) in [6, 6.07) is 9.42. The van der Waals surface area contributed by atoms with Crippen molar-refractivity contribution in [3.63, 3.8) is 0 Å². The predicted molar refractivity (Wildman–Crippen MR) is 95.9 cm³/mol. The second kappa shape index (κ2) is 6.66. The number of rotatable bonds is 3. The third-order valence-corrected chi connectivity index (χ3v) is 4.60. The third kappa shape index (κ3) is 3.52. The van der Waals surface area contributed by atoms with E-state index in [1.54, 1.807) is 18.2 Å². The molecule has 2 heterocycles. The molecule has 3 N–H and O–H groups in total. The lowest BCUT2D eigenvalue weighted by Gasteiger charge is -2.36. The molecule has 1 fully saturated rings. The van der Waals surface area contributed by atoms with Crippen molar-refractivity contribution in [3.05, 3.63) is 40.8 Å². The first kappa shape index (κ1) is 15.9. The molecule has 1 aromatic heterocycles. The van der Waals surface area contributed by atoms with E-state index < -0.39 is 0 Å². The van der Waals surface area contributed by atoms with Crippen LogP contribution in [0.3, 0.4) is 0 Å². The van der Waals surface area contributed by atoms with Crippen molar-refractivity contribution in [1.82, 2.24) is 0 Å². The van der Waals surface area contributed by atoms with Crippen LogP contribution in [0.5, 0.6) is 0 Å². The van der Waals surface area contributed by atoms with Crippen molar-refractivity contribution >= 4 is 38.9 Å². The maximum Gasteiger partial charge on any atom is 0.291 e. The Morgan fingerprint density at radius 2 is 2.17 bits per heavy atom. The van der Waals surface area contributed by atoms with Gasteiger partial charge in [0.25, 0.3) is 5.91 Å². The van der Waals surface area contributed by atoms with Gasteiger partial charge in [-0.1, -0.05) is 0 Å². The maximum atomic E-state index is 12.4. The zero-order chi connectivity index (χ0) is 16.4. The molecule has 1 aromatic carbocycles. The summed E-state index contributed by atoms with van der Waals surface area (Å²) in [5, 5.41) is 2.92. The molecule has 0 spiro atoms. The summed E-state index contributed by atoms with van der Waals surface area (Å²) < 4.78 is 5.84. The summed E-state index contributed by atoms with van der Waals surface area (Å²) in [6.45, 7) is 3.20. The predicted octanol–water partition coefficient (Wildman–Crippen LogP) is 4.26. The van der Waals surface area contributed by atoms with Gasteiger partial charge in [-0.25, -0.2) is 0 Å². The first-order valence-corrected chi connectivity index (χ1v) is 8.57. The highest BCUT2D eigenvalue weighted by molar-refractivity contribution is 9.10. The summed E-state index contributed by atoms with van der Waals surface area (Å²) in [5.74, 6) is -0.0239. The Morgan fingerprint density at radius 1 is 1.35 bits per heavy atom. The molecule has 1 atom stereocenters. The molecule has 5 nitrogen and oxygen atoms in total. The number of nitrogens with one attached hydrogen (secondary N) is 1. The number of carbonyl (C=O) groups excluding carboxylic acids is 1. The van der Waals surface area contributed by atoms with Gasteiger partial charge in [0, 0.05) is 18.3 Å². The maximum absolute atomic E-state index is 12.4. The summed E-state index contributed by atoms with van der Waals surface area (Å²) >= 11 is 3.21. The molecule has 1 aliphatic heterocycles. The van der Waals surface area contributed by atoms with Crippen molar-refractivity contribution < 1.29 is 9.21 Å². The van der Waals surface area contributed by atoms with Crippen molar-refractivity contribution in [2.24, 2.45) is 0 Å². The molecule has 0 bridgehead atoms. The molecule has 0 saturated carbocycles. The highest BCUT2D eigenvalue weighted by atomic mass is 79.9. The first-order valence-electron chi connectivity index (χ1n) is 7.77. The van der Waals surface area contributed by atoms with Gasteiger partial charge in [-0.15, -0.1) is 0 Å². The molecule has 23 heavy (non-hydrogen) atoms. The van der Waals surface area contributed by atoms with Gasteiger partial charge in [0.2, 0.25) is 0 Å². The quantitative estimate of drug-likeness (QED) is 0.783. The van der Waals surface area contributed by atoms with Gasteiger partial charge >= 0.3 is 0 Å². The molecule has 122 valence electrons. The molecule has 3 rings (SSSR count). The molecule has 2 aromatic rings. The molecule has 0 unspecified atom stereocenters. The molecule has 0 aliphatic carbocycles. The van der Waals surface area contributed by atoms with Crippen LogP contribution in [0.15, 0.2) is 39.4 Å². The van der Waals surface area contributed by atoms with Crippen molar-refractivity contribution in [1.29, 1.82) is 0 Å². The average molecular weight is 378 g/mol. The van der Waals surface area contributed by atoms with Gasteiger partial charge in [-0.3, -0.25) is 4.79 Å². The van der Waals surface area contributed by atoms with Crippen LogP contribution in [0.2, 0.25) is 0 Å². The number of halogens is 1. The fourth-order valence-electron chi connectivity index (χ4n) is 2.98. The van der Waals surface area contributed by atoms with E-state index in [2.05, 4.69) is 33.1 Å². The topological polar surface area (TPSA) is 71.5 Å². The van der Waals surface area contributed by atoms with Crippen molar-refractivity contribution in [2.45, 2.75) is 32.2 Å². The minimum atomic E-state index is -0.285. The fraction of sp³-hybridized carbons (Fsp3) is 0.353. The van der Waals surface area contributed by atoms with E-state index in [0.717, 1.165) is 30.8 Å². The van der Waals surface area contributed by atoms with Crippen molar-refractivity contribution in [2.75, 3.05) is 22.5 Å². The first-order chi connectivity index (χ1) is 11.0. The summed E-state index contributed by atoms with van der Waals surface area (Å²) in [7, 11) is 0. The number of piperidine rings is 1. The van der Waals surface area contributed by atoms with Gasteiger partial charge in [-0.05, 0) is 72.4 Å². The normalized spacial score (nSPS) is 18.0. The van der Waals surface area contributed by atoms with Crippen LogP contribution in [0.1, 0.15) is 36.7 Å². The standard InChI is InChI=1S/C17H20BrN3O2/c1-11-4-2-3-9-21(11)14-6-5-12(19)10-13(14)20-17(22)15-7-8-16(18)23-15/h5-8,10-11H,2-4,9,19H2,1H3,(H,20,22)/t11-/m0/s1. The van der Waals surface area contributed by atoms with E-state index in [9.17, 15) is 4.79 Å². The smallest absolute Gasteiger partial charge is 0.291 e. The van der Waals surface area contributed by atoms with Gasteiger partial charge < -0.3 is 20.4 Å². The number of amides is 1. The highest BCUT2D eigenvalue weighted by Crippen LogP contribution is 2.33. The van der Waals surface area contributed by atoms with Gasteiger partial charge in [0.1, 0.15) is 0 Å². The van der Waals surface area contributed by atoms with E-state index >= 15 is 0 Å². The number of hydrogen-bond acceptors (Lipinski definition) is 4. The third-order valence-electron chi connectivity index (χ3n) is 4.18. The van der Waals surface area contributed by atoms with Crippen LogP contribution >= 0.6 is 15.9 Å². The van der Waals surface area contributed by atoms with E-state index in [1.807, 2.05) is 12.1 Å². The second-order valence-electron chi connectivity index (χ2n) is 5.87. The molecule has 6 heteroatoms. The van der Waals surface area contributed by atoms with Gasteiger partial charge in [0.15, 0.2) is 10.4 Å². The lowest BCUT2D eigenvalue weighted by molar-refractivity contribution is 0.0995. The van der Waals surface area contributed by atoms with Gasteiger partial charge in [-0.2, -0.15) is 0 Å². The largest absolute Gasteiger partial charge is 0.444 e. The van der Waals surface area contributed by atoms with E-state index in [-0.39, 0.29) is 11.7 Å². The van der Waals surface area contributed by atoms with Crippen LogP contribution in [0.25, 0.3) is 0 Å². The number of carbonyl (C=O) groups is 1. The van der Waals surface area contributed by atoms with Crippen LogP contribution in [0.4, 0.5) is 17.1 Å². The lowest BCUT2D eigenvalue weighted by atomic mass is 10.0. The highest BCUT2D eigenvalue weighted by Gasteiger charge is 2.22. The number of furan rings is 1. The molecular formula is C17H20BrN3O2. The Hall–Kier alpha value is -1.95. The molecule has 1 saturated heterocycles. The average Bonchev–Trinajstić information content (AvgIpc) is 2.95. The van der Waals surface area contributed by atoms with Crippen molar-refractivity contribution in [3.8, 4) is 0 Å². The summed E-state index contributed by atoms with van der Waals surface area (Å²) in [5.41, 5.74) is 8.25. The minimum absolute atomic E-state index is 0.261. The zero-order valence-corrected chi connectivity index (χ0v) is 14.6. The zero-order valence-electron chi connectivity index (χ0n) is 13.0. The Labute approximate surface area is 144 Å². The number of hydrogen-bond donors (Lipinski definition) is 2. The SMILES string of the molecule is C[C@H]1CCCCN1c1ccc(N)cc1NC(=O)c1ccc(Br)o1. The van der Waals surface area contributed by atoms with Crippen LogP contribution in [0, 0.1) is 0 Å². The van der Waals surface area contributed by atoms with Crippen LogP contribution < -0.4 is 16.0 Å². The molecule has 1 amide bonds. The lowest BCUT2D eigenvalue weighted by Crippen LogP contribution is -2.38. The number of nitrogens with two attached hydrogens (primary N) is 1. The fourth-order valence-corrected chi connectivity index (χ4v) is 3.29. The van der Waals surface area contributed by atoms with Crippen LogP contribution in [-0.2, 0) is 0 Å². The number of benzene rings is 1. The summed E-state index contributed by atoms with van der Waals surface area (Å²) in [6.07, 6.45) is 3.56.